The van der Waals surface area contributed by atoms with Gasteiger partial charge >= 0.3 is 0 Å². The SMILES string of the molecule is CC1CC(C)CN(C(=O)c2cc[c]cc2)C1. The average Bonchev–Trinajstić information content (AvgIpc) is 2.28. The third-order valence-corrected chi connectivity index (χ3v) is 3.12. The van der Waals surface area contributed by atoms with Gasteiger partial charge in [-0.25, -0.2) is 0 Å². The average molecular weight is 216 g/mol. The number of likely N-dealkylation sites (tertiary alicyclic amines) is 1. The third-order valence-electron chi connectivity index (χ3n) is 3.12. The van der Waals surface area contributed by atoms with Crippen molar-refractivity contribution in [3.63, 3.8) is 0 Å². The van der Waals surface area contributed by atoms with Gasteiger partial charge in [-0.15, -0.1) is 0 Å². The molecule has 0 aromatic heterocycles. The summed E-state index contributed by atoms with van der Waals surface area (Å²) in [5.41, 5.74) is 0.778. The lowest BCUT2D eigenvalue weighted by Crippen LogP contribution is -2.42. The van der Waals surface area contributed by atoms with Crippen LogP contribution in [0.3, 0.4) is 0 Å². The summed E-state index contributed by atoms with van der Waals surface area (Å²) in [6.07, 6.45) is 1.23. The number of rotatable bonds is 1. The van der Waals surface area contributed by atoms with Crippen molar-refractivity contribution in [2.75, 3.05) is 13.1 Å². The molecule has 2 atom stereocenters. The first-order valence-electron chi connectivity index (χ1n) is 5.92. The second-order valence-corrected chi connectivity index (χ2v) is 4.94. The Morgan fingerprint density at radius 3 is 2.38 bits per heavy atom. The smallest absolute Gasteiger partial charge is 0.253 e. The van der Waals surface area contributed by atoms with Crippen molar-refractivity contribution in [2.24, 2.45) is 11.8 Å². The second kappa shape index (κ2) is 4.69. The lowest BCUT2D eigenvalue weighted by Gasteiger charge is -2.35. The minimum Gasteiger partial charge on any atom is -0.338 e. The summed E-state index contributed by atoms with van der Waals surface area (Å²) < 4.78 is 0. The van der Waals surface area contributed by atoms with E-state index >= 15 is 0 Å². The summed E-state index contributed by atoms with van der Waals surface area (Å²) in [5.74, 6) is 1.39. The third kappa shape index (κ3) is 2.43. The Kier molecular flexibility index (Phi) is 3.28. The first kappa shape index (κ1) is 11.2. The predicted octanol–water partition coefficient (Wildman–Crippen LogP) is 2.60. The van der Waals surface area contributed by atoms with Crippen molar-refractivity contribution >= 4 is 5.91 Å². The molecule has 1 fully saturated rings. The first-order valence-corrected chi connectivity index (χ1v) is 5.92. The minimum absolute atomic E-state index is 0.160. The zero-order valence-corrected chi connectivity index (χ0v) is 9.94. The van der Waals surface area contributed by atoms with Gasteiger partial charge in [-0.2, -0.15) is 0 Å². The highest BCUT2D eigenvalue weighted by molar-refractivity contribution is 5.94. The Balaban J connectivity index is 2.10. The van der Waals surface area contributed by atoms with Gasteiger partial charge in [0, 0.05) is 18.7 Å². The maximum atomic E-state index is 12.2. The van der Waals surface area contributed by atoms with Gasteiger partial charge in [-0.05, 0) is 36.5 Å². The summed E-state index contributed by atoms with van der Waals surface area (Å²) in [5, 5.41) is 0. The molecule has 2 unspecified atom stereocenters. The molecular weight excluding hydrogens is 198 g/mol. The molecule has 0 bridgehead atoms. The molecule has 0 N–H and O–H groups in total. The van der Waals surface area contributed by atoms with Crippen molar-refractivity contribution < 1.29 is 4.79 Å². The van der Waals surface area contributed by atoms with Gasteiger partial charge in [-0.3, -0.25) is 4.79 Å². The zero-order chi connectivity index (χ0) is 11.5. The van der Waals surface area contributed by atoms with Gasteiger partial charge in [-0.1, -0.05) is 26.0 Å². The monoisotopic (exact) mass is 216 g/mol. The quantitative estimate of drug-likeness (QED) is 0.706. The highest BCUT2D eigenvalue weighted by atomic mass is 16.2. The Labute approximate surface area is 97.3 Å². The maximum absolute atomic E-state index is 12.2. The van der Waals surface area contributed by atoms with E-state index in [1.54, 1.807) is 12.1 Å². The van der Waals surface area contributed by atoms with Crippen molar-refractivity contribution in [2.45, 2.75) is 20.3 Å². The van der Waals surface area contributed by atoms with Crippen molar-refractivity contribution in [3.05, 3.63) is 35.9 Å². The summed E-state index contributed by atoms with van der Waals surface area (Å²) in [6.45, 7) is 6.22. The molecule has 1 aromatic carbocycles. The molecule has 1 saturated heterocycles. The van der Waals surface area contributed by atoms with Crippen LogP contribution in [0.2, 0.25) is 0 Å². The molecule has 2 heteroatoms. The number of hydrogen-bond donors (Lipinski definition) is 0. The van der Waals surface area contributed by atoms with Crippen LogP contribution in [0.1, 0.15) is 30.6 Å². The van der Waals surface area contributed by atoms with E-state index in [1.807, 2.05) is 17.0 Å². The first-order chi connectivity index (χ1) is 7.66. The fraction of sp³-hybridized carbons (Fsp3) is 0.500. The zero-order valence-electron chi connectivity index (χ0n) is 9.94. The fourth-order valence-corrected chi connectivity index (χ4v) is 2.54. The molecular formula is C14H18NO. The van der Waals surface area contributed by atoms with Crippen LogP contribution < -0.4 is 0 Å². The van der Waals surface area contributed by atoms with Gasteiger partial charge in [0.2, 0.25) is 0 Å². The number of hydrogen-bond acceptors (Lipinski definition) is 1. The lowest BCUT2D eigenvalue weighted by atomic mass is 9.91. The largest absolute Gasteiger partial charge is 0.338 e. The molecule has 16 heavy (non-hydrogen) atoms. The molecule has 1 aromatic rings. The van der Waals surface area contributed by atoms with Gasteiger partial charge < -0.3 is 4.90 Å². The molecule has 1 radical (unpaired) electrons. The van der Waals surface area contributed by atoms with Crippen LogP contribution in [0.25, 0.3) is 0 Å². The number of benzene rings is 1. The summed E-state index contributed by atoms with van der Waals surface area (Å²) in [7, 11) is 0. The van der Waals surface area contributed by atoms with Crippen LogP contribution in [0.4, 0.5) is 0 Å². The highest BCUT2D eigenvalue weighted by Gasteiger charge is 2.25. The topological polar surface area (TPSA) is 20.3 Å². The van der Waals surface area contributed by atoms with E-state index in [9.17, 15) is 4.79 Å². The molecule has 0 saturated carbocycles. The minimum atomic E-state index is 0.160. The molecule has 2 nitrogen and oxygen atoms in total. The van der Waals surface area contributed by atoms with Gasteiger partial charge in [0.05, 0.1) is 0 Å². The Morgan fingerprint density at radius 2 is 1.81 bits per heavy atom. The molecule has 1 amide bonds. The molecule has 1 aliphatic rings. The molecule has 0 aliphatic carbocycles. The van der Waals surface area contributed by atoms with Crippen LogP contribution in [0.5, 0.6) is 0 Å². The van der Waals surface area contributed by atoms with Crippen LogP contribution in [0, 0.1) is 17.9 Å². The van der Waals surface area contributed by atoms with Crippen LogP contribution in [-0.4, -0.2) is 23.9 Å². The molecule has 85 valence electrons. The van der Waals surface area contributed by atoms with Crippen LogP contribution >= 0.6 is 0 Å². The van der Waals surface area contributed by atoms with E-state index in [0.29, 0.717) is 11.8 Å². The van der Waals surface area contributed by atoms with E-state index < -0.39 is 0 Å². The van der Waals surface area contributed by atoms with Crippen LogP contribution in [-0.2, 0) is 0 Å². The van der Waals surface area contributed by atoms with Gasteiger partial charge in [0.15, 0.2) is 0 Å². The van der Waals surface area contributed by atoms with E-state index in [4.69, 9.17) is 0 Å². The molecule has 0 spiro atoms. The second-order valence-electron chi connectivity index (χ2n) is 4.94. The summed E-state index contributed by atoms with van der Waals surface area (Å²) in [4.78, 5) is 14.2. The van der Waals surface area contributed by atoms with Crippen molar-refractivity contribution in [1.82, 2.24) is 4.90 Å². The standard InChI is InChI=1S/C14H18NO/c1-11-8-12(2)10-15(9-11)14(16)13-6-4-3-5-7-13/h4-7,11-12H,8-10H2,1-2H3. The number of carbonyl (C=O) groups excluding carboxylic acids is 1. The van der Waals surface area contributed by atoms with Gasteiger partial charge in [0.1, 0.15) is 0 Å². The number of piperidine rings is 1. The van der Waals surface area contributed by atoms with E-state index in [0.717, 1.165) is 18.7 Å². The lowest BCUT2D eigenvalue weighted by molar-refractivity contribution is 0.0623. The molecule has 2 rings (SSSR count). The number of carbonyl (C=O) groups is 1. The molecule has 1 heterocycles. The maximum Gasteiger partial charge on any atom is 0.253 e. The fourth-order valence-electron chi connectivity index (χ4n) is 2.54. The Morgan fingerprint density at radius 1 is 1.25 bits per heavy atom. The number of amides is 1. The van der Waals surface area contributed by atoms with Crippen molar-refractivity contribution in [3.8, 4) is 0 Å². The summed E-state index contributed by atoms with van der Waals surface area (Å²) in [6, 6.07) is 10.2. The highest BCUT2D eigenvalue weighted by Crippen LogP contribution is 2.22. The Hall–Kier alpha value is -1.31. The van der Waals surface area contributed by atoms with Crippen molar-refractivity contribution in [1.29, 1.82) is 0 Å². The van der Waals surface area contributed by atoms with E-state index in [1.165, 1.54) is 6.42 Å². The normalized spacial score (nSPS) is 25.5. The van der Waals surface area contributed by atoms with Gasteiger partial charge in [0.25, 0.3) is 5.91 Å². The van der Waals surface area contributed by atoms with E-state index in [-0.39, 0.29) is 5.91 Å². The van der Waals surface area contributed by atoms with E-state index in [2.05, 4.69) is 19.9 Å². The number of nitrogens with zero attached hydrogens (tertiary/aromatic N) is 1. The van der Waals surface area contributed by atoms with Crippen LogP contribution in [0.15, 0.2) is 24.3 Å². The predicted molar refractivity (Wildman–Crippen MR) is 64.1 cm³/mol. The molecule has 1 aliphatic heterocycles. The Bertz CT molecular complexity index is 350. The summed E-state index contributed by atoms with van der Waals surface area (Å²) >= 11 is 0.